The summed E-state index contributed by atoms with van der Waals surface area (Å²) in [5.41, 5.74) is 5.43. The molecule has 0 saturated heterocycles. The highest BCUT2D eigenvalue weighted by Crippen LogP contribution is 2.14. The van der Waals surface area contributed by atoms with E-state index < -0.39 is 0 Å². The minimum atomic E-state index is -0.167. The molecule has 0 fully saturated rings. The van der Waals surface area contributed by atoms with Crippen LogP contribution in [0.5, 0.6) is 0 Å². The van der Waals surface area contributed by atoms with Gasteiger partial charge in [0, 0.05) is 24.5 Å². The average Bonchev–Trinajstić information content (AvgIpc) is 1.96. The van der Waals surface area contributed by atoms with E-state index in [0.29, 0.717) is 13.0 Å². The Kier molecular flexibility index (Phi) is 4.85. The van der Waals surface area contributed by atoms with Crippen LogP contribution in [0.1, 0.15) is 34.1 Å². The lowest BCUT2D eigenvalue weighted by atomic mass is 10.0. The molecule has 0 aliphatic rings. The molecule has 0 aromatic rings. The van der Waals surface area contributed by atoms with Crippen molar-refractivity contribution in [3.63, 3.8) is 0 Å². The van der Waals surface area contributed by atoms with Crippen molar-refractivity contribution in [1.82, 2.24) is 4.90 Å². The van der Waals surface area contributed by atoms with Crippen LogP contribution in [0, 0.1) is 0 Å². The largest absolute Gasteiger partial charge is 0.334 e. The van der Waals surface area contributed by atoms with Crippen molar-refractivity contribution in [2.75, 3.05) is 6.54 Å². The number of rotatable bonds is 4. The third-order valence-corrected chi connectivity index (χ3v) is 1.92. The molecule has 0 rings (SSSR count). The van der Waals surface area contributed by atoms with Crippen LogP contribution >= 0.6 is 0 Å². The first-order valence-electron chi connectivity index (χ1n) is 4.96. The molecule has 2 N–H and O–H groups in total. The van der Waals surface area contributed by atoms with E-state index in [1.807, 2.05) is 27.7 Å². The average molecular weight is 198 g/mol. The number of hydrogen-bond donors (Lipinski definition) is 1. The van der Waals surface area contributed by atoms with Crippen molar-refractivity contribution in [3.8, 4) is 0 Å². The Bertz CT molecular complexity index is 204. The van der Waals surface area contributed by atoms with Crippen LogP contribution in [0.2, 0.25) is 0 Å². The quantitative estimate of drug-likeness (QED) is 0.696. The molecule has 1 unspecified atom stereocenters. The van der Waals surface area contributed by atoms with Crippen LogP contribution in [0.15, 0.2) is 12.7 Å². The van der Waals surface area contributed by atoms with Gasteiger partial charge in [-0.25, -0.2) is 0 Å². The summed E-state index contributed by atoms with van der Waals surface area (Å²) in [6.07, 6.45) is 2.13. The third kappa shape index (κ3) is 4.42. The number of carbonyl (C=O) groups excluding carboxylic acids is 1. The van der Waals surface area contributed by atoms with Gasteiger partial charge in [0.15, 0.2) is 0 Å². The van der Waals surface area contributed by atoms with E-state index in [1.54, 1.807) is 11.0 Å². The molecule has 0 aliphatic heterocycles. The third-order valence-electron chi connectivity index (χ3n) is 1.92. The molecule has 0 bridgehead atoms. The van der Waals surface area contributed by atoms with E-state index in [2.05, 4.69) is 6.58 Å². The molecule has 3 nitrogen and oxygen atoms in total. The molecule has 0 saturated carbocycles. The Labute approximate surface area is 87.0 Å². The molecule has 0 aliphatic carbocycles. The fourth-order valence-corrected chi connectivity index (χ4v) is 1.26. The molecule has 0 radical (unpaired) electrons. The minimum Gasteiger partial charge on any atom is -0.334 e. The lowest BCUT2D eigenvalue weighted by Gasteiger charge is -2.35. The highest BCUT2D eigenvalue weighted by atomic mass is 16.2. The van der Waals surface area contributed by atoms with E-state index >= 15 is 0 Å². The van der Waals surface area contributed by atoms with Gasteiger partial charge in [0.1, 0.15) is 0 Å². The lowest BCUT2D eigenvalue weighted by Crippen LogP contribution is -2.47. The fourth-order valence-electron chi connectivity index (χ4n) is 1.26. The van der Waals surface area contributed by atoms with Crippen molar-refractivity contribution in [2.45, 2.75) is 45.7 Å². The highest BCUT2D eigenvalue weighted by Gasteiger charge is 2.25. The summed E-state index contributed by atoms with van der Waals surface area (Å²) in [7, 11) is 0. The number of amides is 1. The molecule has 0 spiro atoms. The monoisotopic (exact) mass is 198 g/mol. The van der Waals surface area contributed by atoms with Gasteiger partial charge < -0.3 is 10.6 Å². The van der Waals surface area contributed by atoms with Gasteiger partial charge in [-0.05, 0) is 27.7 Å². The Balaban J connectivity index is 4.49. The Morgan fingerprint density at radius 3 is 2.36 bits per heavy atom. The first-order chi connectivity index (χ1) is 6.29. The van der Waals surface area contributed by atoms with Crippen LogP contribution in [-0.4, -0.2) is 28.9 Å². The van der Waals surface area contributed by atoms with Crippen molar-refractivity contribution in [2.24, 2.45) is 5.73 Å². The molecule has 0 heterocycles. The standard InChI is InChI=1S/C11H22N2O/c1-6-7-13(11(3,4)5)10(14)8-9(2)12/h6,9H,1,7-8,12H2,2-5H3. The maximum Gasteiger partial charge on any atom is 0.224 e. The summed E-state index contributed by atoms with van der Waals surface area (Å²) in [5.74, 6) is 0.0902. The van der Waals surface area contributed by atoms with Gasteiger partial charge >= 0.3 is 0 Å². The Morgan fingerprint density at radius 1 is 1.57 bits per heavy atom. The van der Waals surface area contributed by atoms with E-state index in [4.69, 9.17) is 5.73 Å². The maximum atomic E-state index is 11.8. The topological polar surface area (TPSA) is 46.3 Å². The van der Waals surface area contributed by atoms with Gasteiger partial charge in [-0.2, -0.15) is 0 Å². The normalized spacial score (nSPS) is 13.5. The van der Waals surface area contributed by atoms with Gasteiger partial charge in [-0.3, -0.25) is 4.79 Å². The number of carbonyl (C=O) groups is 1. The zero-order valence-corrected chi connectivity index (χ0v) is 9.71. The second kappa shape index (κ2) is 5.15. The first-order valence-corrected chi connectivity index (χ1v) is 4.96. The summed E-state index contributed by atoms with van der Waals surface area (Å²) < 4.78 is 0. The van der Waals surface area contributed by atoms with Gasteiger partial charge in [0.05, 0.1) is 0 Å². The van der Waals surface area contributed by atoms with E-state index in [-0.39, 0.29) is 17.5 Å². The smallest absolute Gasteiger partial charge is 0.224 e. The molecular weight excluding hydrogens is 176 g/mol. The maximum absolute atomic E-state index is 11.8. The van der Waals surface area contributed by atoms with Crippen LogP contribution in [0.25, 0.3) is 0 Å². The lowest BCUT2D eigenvalue weighted by molar-refractivity contribution is -0.135. The molecule has 82 valence electrons. The minimum absolute atomic E-state index is 0.0860. The molecule has 1 amide bonds. The summed E-state index contributed by atoms with van der Waals surface area (Å²) in [6.45, 7) is 12.1. The molecule has 3 heteroatoms. The van der Waals surface area contributed by atoms with Gasteiger partial charge in [0.2, 0.25) is 5.91 Å². The Morgan fingerprint density at radius 2 is 2.07 bits per heavy atom. The van der Waals surface area contributed by atoms with Crippen LogP contribution in [0.4, 0.5) is 0 Å². The predicted molar refractivity (Wildman–Crippen MR) is 59.9 cm³/mol. The molecule has 0 aromatic carbocycles. The van der Waals surface area contributed by atoms with E-state index in [9.17, 15) is 4.79 Å². The van der Waals surface area contributed by atoms with Gasteiger partial charge in [-0.1, -0.05) is 6.08 Å². The predicted octanol–water partition coefficient (Wildman–Crippen LogP) is 1.54. The summed E-state index contributed by atoms with van der Waals surface area (Å²) in [5, 5.41) is 0. The van der Waals surface area contributed by atoms with Crippen LogP contribution in [-0.2, 0) is 4.79 Å². The number of nitrogens with two attached hydrogens (primary N) is 1. The SMILES string of the molecule is C=CCN(C(=O)CC(C)N)C(C)(C)C. The zero-order chi connectivity index (χ0) is 11.4. The van der Waals surface area contributed by atoms with Gasteiger partial charge in [0.25, 0.3) is 0 Å². The number of hydrogen-bond acceptors (Lipinski definition) is 2. The van der Waals surface area contributed by atoms with Gasteiger partial charge in [-0.15, -0.1) is 6.58 Å². The van der Waals surface area contributed by atoms with Crippen molar-refractivity contribution in [3.05, 3.63) is 12.7 Å². The summed E-state index contributed by atoms with van der Waals surface area (Å²) in [6, 6.07) is -0.0860. The first kappa shape index (κ1) is 13.2. The Hall–Kier alpha value is -0.830. The van der Waals surface area contributed by atoms with Crippen LogP contribution in [0.3, 0.4) is 0 Å². The fraction of sp³-hybridized carbons (Fsp3) is 0.727. The number of nitrogens with zero attached hydrogens (tertiary/aromatic N) is 1. The summed E-state index contributed by atoms with van der Waals surface area (Å²) >= 11 is 0. The highest BCUT2D eigenvalue weighted by molar-refractivity contribution is 5.77. The molecular formula is C11H22N2O. The van der Waals surface area contributed by atoms with Crippen molar-refractivity contribution >= 4 is 5.91 Å². The van der Waals surface area contributed by atoms with Crippen molar-refractivity contribution < 1.29 is 4.79 Å². The van der Waals surface area contributed by atoms with Crippen LogP contribution < -0.4 is 5.73 Å². The zero-order valence-electron chi connectivity index (χ0n) is 9.71. The summed E-state index contributed by atoms with van der Waals surface area (Å²) in [4.78, 5) is 13.6. The molecule has 0 aromatic heterocycles. The molecule has 14 heavy (non-hydrogen) atoms. The van der Waals surface area contributed by atoms with Crippen molar-refractivity contribution in [1.29, 1.82) is 0 Å². The van der Waals surface area contributed by atoms with E-state index in [1.165, 1.54) is 0 Å². The van der Waals surface area contributed by atoms with E-state index in [0.717, 1.165) is 0 Å². The molecule has 1 atom stereocenters. The second-order valence-corrected chi connectivity index (χ2v) is 4.65. The second-order valence-electron chi connectivity index (χ2n) is 4.65.